The Morgan fingerprint density at radius 1 is 1.08 bits per heavy atom. The first-order valence-electron chi connectivity index (χ1n) is 4.90. The summed E-state index contributed by atoms with van der Waals surface area (Å²) in [7, 11) is 0. The molecule has 0 aliphatic rings. The van der Waals surface area contributed by atoms with Gasteiger partial charge in [-0.25, -0.2) is 6.57 Å². The van der Waals surface area contributed by atoms with Gasteiger partial charge in [0.15, 0.2) is 0 Å². The van der Waals surface area contributed by atoms with Crippen molar-refractivity contribution < 1.29 is 0 Å². The van der Waals surface area contributed by atoms with Gasteiger partial charge in [-0.05, 0) is 19.3 Å². The van der Waals surface area contributed by atoms with Crippen LogP contribution in [0.2, 0.25) is 0 Å². The summed E-state index contributed by atoms with van der Waals surface area (Å²) in [6, 6.07) is 0. The summed E-state index contributed by atoms with van der Waals surface area (Å²) in [6.45, 7) is 9.48. The summed E-state index contributed by atoms with van der Waals surface area (Å²) in [5, 5.41) is 0. The van der Waals surface area contributed by atoms with Crippen LogP contribution >= 0.6 is 0 Å². The van der Waals surface area contributed by atoms with Crippen LogP contribution in [0.15, 0.2) is 12.2 Å². The van der Waals surface area contributed by atoms with Crippen LogP contribution in [0.3, 0.4) is 0 Å². The molecule has 0 radical (unpaired) electrons. The van der Waals surface area contributed by atoms with Crippen LogP contribution in [0.25, 0.3) is 4.85 Å². The van der Waals surface area contributed by atoms with Gasteiger partial charge in [-0.3, -0.25) is 0 Å². The van der Waals surface area contributed by atoms with Gasteiger partial charge in [0.1, 0.15) is 0 Å². The fourth-order valence-corrected chi connectivity index (χ4v) is 1.04. The van der Waals surface area contributed by atoms with Crippen molar-refractivity contribution in [3.8, 4) is 0 Å². The van der Waals surface area contributed by atoms with Crippen molar-refractivity contribution in [2.24, 2.45) is 0 Å². The second kappa shape index (κ2) is 10.2. The quantitative estimate of drug-likeness (QED) is 0.307. The van der Waals surface area contributed by atoms with Crippen LogP contribution in [0.5, 0.6) is 0 Å². The van der Waals surface area contributed by atoms with Crippen molar-refractivity contribution in [1.29, 1.82) is 0 Å². The molecule has 0 aliphatic heterocycles. The van der Waals surface area contributed by atoms with E-state index in [9.17, 15) is 0 Å². The van der Waals surface area contributed by atoms with E-state index in [0.29, 0.717) is 6.54 Å². The maximum absolute atomic E-state index is 6.57. The number of allylic oxidation sites excluding steroid dienone is 2. The third-order valence-corrected chi connectivity index (χ3v) is 1.78. The van der Waals surface area contributed by atoms with E-state index in [4.69, 9.17) is 6.57 Å². The van der Waals surface area contributed by atoms with Gasteiger partial charge in [0.05, 0.1) is 0 Å². The molecule has 0 spiro atoms. The van der Waals surface area contributed by atoms with Crippen LogP contribution in [-0.4, -0.2) is 6.54 Å². The molecule has 0 N–H and O–H groups in total. The average molecular weight is 165 g/mol. The molecule has 0 aromatic heterocycles. The molecule has 0 saturated carbocycles. The van der Waals surface area contributed by atoms with E-state index >= 15 is 0 Å². The van der Waals surface area contributed by atoms with Crippen molar-refractivity contribution in [3.63, 3.8) is 0 Å². The highest BCUT2D eigenvalue weighted by Crippen LogP contribution is 2.00. The molecule has 68 valence electrons. The van der Waals surface area contributed by atoms with E-state index in [1.807, 2.05) is 0 Å². The average Bonchev–Trinajstić information content (AvgIpc) is 2.10. The molecule has 0 aromatic rings. The Labute approximate surface area is 76.3 Å². The van der Waals surface area contributed by atoms with Gasteiger partial charge in [0.25, 0.3) is 0 Å². The molecule has 0 aromatic carbocycles. The van der Waals surface area contributed by atoms with Crippen LogP contribution < -0.4 is 0 Å². The van der Waals surface area contributed by atoms with Gasteiger partial charge in [0.2, 0.25) is 6.54 Å². The van der Waals surface area contributed by atoms with E-state index in [1.54, 1.807) is 0 Å². The van der Waals surface area contributed by atoms with Crippen molar-refractivity contribution in [2.75, 3.05) is 6.54 Å². The van der Waals surface area contributed by atoms with Gasteiger partial charge < -0.3 is 4.85 Å². The van der Waals surface area contributed by atoms with Crippen LogP contribution in [0, 0.1) is 6.57 Å². The van der Waals surface area contributed by atoms with Crippen molar-refractivity contribution in [2.45, 2.75) is 45.4 Å². The molecule has 1 heteroatoms. The van der Waals surface area contributed by atoms with Gasteiger partial charge in [-0.15, -0.1) is 0 Å². The molecule has 0 atom stereocenters. The second-order valence-corrected chi connectivity index (χ2v) is 2.99. The van der Waals surface area contributed by atoms with E-state index in [-0.39, 0.29) is 0 Å². The number of hydrogen-bond acceptors (Lipinski definition) is 0. The fraction of sp³-hybridized carbons (Fsp3) is 0.727. The Bertz CT molecular complexity index is 142. The third-order valence-electron chi connectivity index (χ3n) is 1.78. The van der Waals surface area contributed by atoms with E-state index in [0.717, 1.165) is 12.8 Å². The lowest BCUT2D eigenvalue weighted by molar-refractivity contribution is 0.727. The highest BCUT2D eigenvalue weighted by atomic mass is 14.6. The first-order valence-corrected chi connectivity index (χ1v) is 4.90. The normalized spacial score (nSPS) is 10.3. The summed E-state index contributed by atoms with van der Waals surface area (Å²) >= 11 is 0. The Hall–Kier alpha value is -0.770. The molecular formula is C11H19N. The first kappa shape index (κ1) is 11.2. The summed E-state index contributed by atoms with van der Waals surface area (Å²) in [4.78, 5) is 3.30. The Morgan fingerprint density at radius 2 is 1.75 bits per heavy atom. The van der Waals surface area contributed by atoms with Crippen molar-refractivity contribution >= 4 is 0 Å². The number of rotatable bonds is 7. The minimum Gasteiger partial charge on any atom is -0.317 e. The molecule has 0 rings (SSSR count). The molecule has 12 heavy (non-hydrogen) atoms. The minimum atomic E-state index is 0.680. The lowest BCUT2D eigenvalue weighted by Gasteiger charge is -1.91. The highest BCUT2D eigenvalue weighted by molar-refractivity contribution is 4.82. The summed E-state index contributed by atoms with van der Waals surface area (Å²) in [5.41, 5.74) is 0. The molecule has 0 bridgehead atoms. The number of hydrogen-bond donors (Lipinski definition) is 0. The Kier molecular flexibility index (Phi) is 9.57. The van der Waals surface area contributed by atoms with Gasteiger partial charge >= 0.3 is 0 Å². The van der Waals surface area contributed by atoms with Crippen molar-refractivity contribution in [3.05, 3.63) is 23.6 Å². The zero-order chi connectivity index (χ0) is 9.07. The molecule has 1 nitrogen and oxygen atoms in total. The fourth-order valence-electron chi connectivity index (χ4n) is 1.04. The Morgan fingerprint density at radius 3 is 2.33 bits per heavy atom. The minimum absolute atomic E-state index is 0.680. The molecule has 0 aliphatic carbocycles. The predicted molar refractivity (Wildman–Crippen MR) is 54.0 cm³/mol. The second-order valence-electron chi connectivity index (χ2n) is 2.99. The van der Waals surface area contributed by atoms with Crippen molar-refractivity contribution in [1.82, 2.24) is 0 Å². The smallest absolute Gasteiger partial charge is 0.215 e. The summed E-state index contributed by atoms with van der Waals surface area (Å²) in [6.07, 6.45) is 11.7. The largest absolute Gasteiger partial charge is 0.317 e. The van der Waals surface area contributed by atoms with Crippen LogP contribution in [0.4, 0.5) is 0 Å². The molecule has 0 amide bonds. The van der Waals surface area contributed by atoms with Crippen LogP contribution in [-0.2, 0) is 0 Å². The molecule has 0 fully saturated rings. The number of unbranched alkanes of at least 4 members (excludes halogenated alkanes) is 4. The maximum atomic E-state index is 6.57. The third kappa shape index (κ3) is 9.23. The van der Waals surface area contributed by atoms with E-state index in [1.165, 1.54) is 25.7 Å². The number of nitrogens with zero attached hydrogens (tertiary/aromatic N) is 1. The van der Waals surface area contributed by atoms with E-state index < -0.39 is 0 Å². The first-order chi connectivity index (χ1) is 5.91. The molecular weight excluding hydrogens is 146 g/mol. The molecule has 0 unspecified atom stereocenters. The van der Waals surface area contributed by atoms with Gasteiger partial charge in [-0.1, -0.05) is 31.9 Å². The SMILES string of the molecule is [C-]#[N+]CCC/C=C\CCCCC. The lowest BCUT2D eigenvalue weighted by atomic mass is 10.2. The highest BCUT2D eigenvalue weighted by Gasteiger charge is 1.84. The van der Waals surface area contributed by atoms with Gasteiger partial charge in [0, 0.05) is 6.42 Å². The predicted octanol–water partition coefficient (Wildman–Crippen LogP) is 3.82. The summed E-state index contributed by atoms with van der Waals surface area (Å²) in [5.74, 6) is 0. The molecule has 0 saturated heterocycles. The van der Waals surface area contributed by atoms with E-state index in [2.05, 4.69) is 23.9 Å². The monoisotopic (exact) mass is 165 g/mol. The Balaban J connectivity index is 2.99. The molecule has 0 heterocycles. The maximum Gasteiger partial charge on any atom is 0.215 e. The van der Waals surface area contributed by atoms with Crippen LogP contribution in [0.1, 0.15) is 45.4 Å². The zero-order valence-electron chi connectivity index (χ0n) is 8.05. The standard InChI is InChI=1S/C11H19N/c1-3-4-5-6-7-8-9-10-11-12-2/h7-8H,3-6,9-11H2,1H3/b8-7-. The van der Waals surface area contributed by atoms with Gasteiger partial charge in [-0.2, -0.15) is 0 Å². The zero-order valence-corrected chi connectivity index (χ0v) is 8.05. The summed E-state index contributed by atoms with van der Waals surface area (Å²) < 4.78 is 0. The topological polar surface area (TPSA) is 4.36 Å². The lowest BCUT2D eigenvalue weighted by Crippen LogP contribution is -1.75.